The first kappa shape index (κ1) is 15.8. The molecule has 3 N–H and O–H groups in total. The van der Waals surface area contributed by atoms with Crippen molar-refractivity contribution in [3.63, 3.8) is 0 Å². The maximum atomic E-state index is 12.1. The molecule has 0 saturated heterocycles. The van der Waals surface area contributed by atoms with Crippen LogP contribution in [0.3, 0.4) is 0 Å². The van der Waals surface area contributed by atoms with Gasteiger partial charge >= 0.3 is 0 Å². The van der Waals surface area contributed by atoms with Gasteiger partial charge in [0, 0.05) is 18.7 Å². The van der Waals surface area contributed by atoms with Crippen molar-refractivity contribution in [2.75, 3.05) is 30.9 Å². The van der Waals surface area contributed by atoms with Crippen LogP contribution in [0.1, 0.15) is 16.8 Å². The van der Waals surface area contributed by atoms with Gasteiger partial charge in [-0.3, -0.25) is 4.79 Å². The van der Waals surface area contributed by atoms with E-state index in [1.807, 2.05) is 0 Å². The normalized spacial score (nSPS) is 10.1. The highest BCUT2D eigenvalue weighted by atomic mass is 16.5. The van der Waals surface area contributed by atoms with E-state index in [1.165, 1.54) is 0 Å². The van der Waals surface area contributed by atoms with Crippen LogP contribution in [0.15, 0.2) is 42.6 Å². The third-order valence-electron chi connectivity index (χ3n) is 2.99. The highest BCUT2D eigenvalue weighted by Gasteiger charge is 2.07. The second kappa shape index (κ2) is 7.99. The number of methoxy groups -OCH3 is 1. The maximum Gasteiger partial charge on any atom is 0.255 e. The Morgan fingerprint density at radius 1 is 1.32 bits per heavy atom. The van der Waals surface area contributed by atoms with Gasteiger partial charge in [-0.15, -0.1) is 0 Å². The molecule has 1 aromatic heterocycles. The standard InChI is InChI=1S/C16H19N3O3/c1-22-14-5-2-4-12(10-14)16(21)19-13-6-7-15(18-11-13)17-8-3-9-20/h2,4-7,10-11,20H,3,8-9H2,1H3,(H,17,18)(H,19,21). The van der Waals surface area contributed by atoms with Gasteiger partial charge in [-0.25, -0.2) is 4.98 Å². The number of aliphatic hydroxyl groups is 1. The minimum atomic E-state index is -0.221. The molecule has 6 heteroatoms. The van der Waals surface area contributed by atoms with Crippen LogP contribution in [0.5, 0.6) is 5.75 Å². The number of carbonyl (C=O) groups excluding carboxylic acids is 1. The van der Waals surface area contributed by atoms with Gasteiger partial charge in [0.25, 0.3) is 5.91 Å². The minimum Gasteiger partial charge on any atom is -0.497 e. The van der Waals surface area contributed by atoms with Crippen molar-refractivity contribution < 1.29 is 14.6 Å². The molecule has 22 heavy (non-hydrogen) atoms. The average Bonchev–Trinajstić information content (AvgIpc) is 2.56. The number of nitrogens with one attached hydrogen (secondary N) is 2. The number of rotatable bonds is 7. The average molecular weight is 301 g/mol. The lowest BCUT2D eigenvalue weighted by Crippen LogP contribution is -2.12. The zero-order valence-corrected chi connectivity index (χ0v) is 12.4. The molecule has 2 aromatic rings. The van der Waals surface area contributed by atoms with Crippen LogP contribution < -0.4 is 15.4 Å². The van der Waals surface area contributed by atoms with Crippen molar-refractivity contribution in [3.05, 3.63) is 48.2 Å². The lowest BCUT2D eigenvalue weighted by atomic mass is 10.2. The van der Waals surface area contributed by atoms with Crippen LogP contribution in [0.4, 0.5) is 11.5 Å². The number of hydrogen-bond donors (Lipinski definition) is 3. The quantitative estimate of drug-likeness (QED) is 0.682. The van der Waals surface area contributed by atoms with Crippen molar-refractivity contribution in [2.24, 2.45) is 0 Å². The van der Waals surface area contributed by atoms with E-state index in [-0.39, 0.29) is 12.5 Å². The van der Waals surface area contributed by atoms with Crippen LogP contribution in [0, 0.1) is 0 Å². The van der Waals surface area contributed by atoms with E-state index in [0.717, 1.165) is 0 Å². The van der Waals surface area contributed by atoms with Crippen LogP contribution in [-0.4, -0.2) is 36.3 Å². The molecule has 6 nitrogen and oxygen atoms in total. The first-order valence-corrected chi connectivity index (χ1v) is 6.99. The van der Waals surface area contributed by atoms with E-state index in [4.69, 9.17) is 9.84 Å². The Morgan fingerprint density at radius 2 is 2.18 bits per heavy atom. The summed E-state index contributed by atoms with van der Waals surface area (Å²) in [5, 5.41) is 14.6. The molecule has 0 aliphatic rings. The van der Waals surface area contributed by atoms with E-state index in [0.29, 0.717) is 35.8 Å². The molecule has 0 saturated carbocycles. The Kier molecular flexibility index (Phi) is 5.73. The Labute approximate surface area is 129 Å². The number of anilines is 2. The molecule has 0 fully saturated rings. The number of nitrogens with zero attached hydrogens (tertiary/aromatic N) is 1. The Hall–Kier alpha value is -2.60. The molecule has 1 heterocycles. The van der Waals surface area contributed by atoms with E-state index in [2.05, 4.69) is 15.6 Å². The lowest BCUT2D eigenvalue weighted by Gasteiger charge is -2.08. The van der Waals surface area contributed by atoms with Gasteiger partial charge in [0.1, 0.15) is 11.6 Å². The van der Waals surface area contributed by atoms with Crippen molar-refractivity contribution in [1.82, 2.24) is 4.98 Å². The zero-order chi connectivity index (χ0) is 15.8. The third kappa shape index (κ3) is 4.46. The molecule has 1 aromatic carbocycles. The van der Waals surface area contributed by atoms with Gasteiger partial charge in [-0.1, -0.05) is 6.07 Å². The summed E-state index contributed by atoms with van der Waals surface area (Å²) >= 11 is 0. The fourth-order valence-electron chi connectivity index (χ4n) is 1.84. The molecule has 0 atom stereocenters. The molecule has 1 amide bonds. The summed E-state index contributed by atoms with van der Waals surface area (Å²) in [6.07, 6.45) is 2.25. The molecule has 0 radical (unpaired) electrons. The van der Waals surface area contributed by atoms with Crippen LogP contribution in [0.25, 0.3) is 0 Å². The highest BCUT2D eigenvalue weighted by Crippen LogP contribution is 2.15. The van der Waals surface area contributed by atoms with Gasteiger partial charge in [0.15, 0.2) is 0 Å². The lowest BCUT2D eigenvalue weighted by molar-refractivity contribution is 0.102. The van der Waals surface area contributed by atoms with Gasteiger partial charge in [0.2, 0.25) is 0 Å². The van der Waals surface area contributed by atoms with Crippen LogP contribution >= 0.6 is 0 Å². The first-order chi connectivity index (χ1) is 10.7. The van der Waals surface area contributed by atoms with E-state index in [9.17, 15) is 4.79 Å². The Bertz CT molecular complexity index is 614. The predicted molar refractivity (Wildman–Crippen MR) is 85.4 cm³/mol. The molecular weight excluding hydrogens is 282 g/mol. The van der Waals surface area contributed by atoms with Gasteiger partial charge in [-0.2, -0.15) is 0 Å². The Balaban J connectivity index is 1.96. The maximum absolute atomic E-state index is 12.1. The fourth-order valence-corrected chi connectivity index (χ4v) is 1.84. The second-order valence-electron chi connectivity index (χ2n) is 4.62. The molecule has 0 spiro atoms. The van der Waals surface area contributed by atoms with Gasteiger partial charge in [-0.05, 0) is 36.8 Å². The molecular formula is C16H19N3O3. The van der Waals surface area contributed by atoms with E-state index < -0.39 is 0 Å². The summed E-state index contributed by atoms with van der Waals surface area (Å²) in [5.41, 5.74) is 1.13. The topological polar surface area (TPSA) is 83.5 Å². The zero-order valence-electron chi connectivity index (χ0n) is 12.4. The summed E-state index contributed by atoms with van der Waals surface area (Å²) < 4.78 is 5.10. The Morgan fingerprint density at radius 3 is 2.86 bits per heavy atom. The minimum absolute atomic E-state index is 0.141. The molecule has 0 unspecified atom stereocenters. The van der Waals surface area contributed by atoms with E-state index in [1.54, 1.807) is 49.7 Å². The van der Waals surface area contributed by atoms with E-state index >= 15 is 0 Å². The van der Waals surface area contributed by atoms with Gasteiger partial charge in [0.05, 0.1) is 19.0 Å². The van der Waals surface area contributed by atoms with Crippen molar-refractivity contribution in [2.45, 2.75) is 6.42 Å². The smallest absolute Gasteiger partial charge is 0.255 e. The van der Waals surface area contributed by atoms with Crippen LogP contribution in [0.2, 0.25) is 0 Å². The summed E-state index contributed by atoms with van der Waals surface area (Å²) in [5.74, 6) is 1.11. The number of aromatic nitrogens is 1. The monoisotopic (exact) mass is 301 g/mol. The summed E-state index contributed by atoms with van der Waals surface area (Å²) in [7, 11) is 1.56. The van der Waals surface area contributed by atoms with Gasteiger partial charge < -0.3 is 20.5 Å². The molecule has 2 rings (SSSR count). The predicted octanol–water partition coefficient (Wildman–Crippen LogP) is 2.14. The number of aliphatic hydroxyl groups excluding tert-OH is 1. The summed E-state index contributed by atoms with van der Waals surface area (Å²) in [6.45, 7) is 0.792. The van der Waals surface area contributed by atoms with Crippen LogP contribution in [-0.2, 0) is 0 Å². The number of ether oxygens (including phenoxy) is 1. The third-order valence-corrected chi connectivity index (χ3v) is 2.99. The number of hydrogen-bond acceptors (Lipinski definition) is 5. The fraction of sp³-hybridized carbons (Fsp3) is 0.250. The molecule has 116 valence electrons. The highest BCUT2D eigenvalue weighted by molar-refractivity contribution is 6.04. The second-order valence-corrected chi connectivity index (χ2v) is 4.62. The summed E-state index contributed by atoms with van der Waals surface area (Å²) in [4.78, 5) is 16.3. The molecule has 0 aliphatic heterocycles. The largest absolute Gasteiger partial charge is 0.497 e. The van der Waals surface area contributed by atoms with Crippen molar-refractivity contribution in [1.29, 1.82) is 0 Å². The first-order valence-electron chi connectivity index (χ1n) is 6.99. The molecule has 0 bridgehead atoms. The SMILES string of the molecule is COc1cccc(C(=O)Nc2ccc(NCCCO)nc2)c1. The number of amides is 1. The van der Waals surface area contributed by atoms with Crippen molar-refractivity contribution in [3.8, 4) is 5.75 Å². The van der Waals surface area contributed by atoms with Crippen molar-refractivity contribution >= 4 is 17.4 Å². The molecule has 0 aliphatic carbocycles. The summed E-state index contributed by atoms with van der Waals surface area (Å²) in [6, 6.07) is 10.5. The number of carbonyl (C=O) groups is 1. The number of pyridine rings is 1. The number of benzene rings is 1.